The topological polar surface area (TPSA) is 69.6 Å². The zero-order chi connectivity index (χ0) is 14.2. The van der Waals surface area contributed by atoms with E-state index >= 15 is 0 Å². The van der Waals surface area contributed by atoms with E-state index in [4.69, 9.17) is 17.3 Å². The van der Waals surface area contributed by atoms with E-state index in [2.05, 4.69) is 22.4 Å². The fourth-order valence-corrected chi connectivity index (χ4v) is 3.25. The molecule has 5 nitrogen and oxygen atoms in total. The summed E-state index contributed by atoms with van der Waals surface area (Å²) in [7, 11) is 0. The number of nitrogens with zero attached hydrogens (tertiary/aromatic N) is 4. The molecule has 0 unspecified atom stereocenters. The first-order valence-electron chi connectivity index (χ1n) is 6.88. The second-order valence-electron chi connectivity index (χ2n) is 5.95. The number of hydrogen-bond donors (Lipinski definition) is 1. The van der Waals surface area contributed by atoms with Gasteiger partial charge in [-0.2, -0.15) is 0 Å². The third-order valence-electron chi connectivity index (χ3n) is 4.05. The van der Waals surface area contributed by atoms with Gasteiger partial charge in [0, 0.05) is 16.3 Å². The van der Waals surface area contributed by atoms with Gasteiger partial charge in [0.15, 0.2) is 5.82 Å². The summed E-state index contributed by atoms with van der Waals surface area (Å²) in [5, 5.41) is 12.7. The molecule has 1 heterocycles. The van der Waals surface area contributed by atoms with Crippen molar-refractivity contribution in [2.75, 3.05) is 5.73 Å². The molecule has 1 fully saturated rings. The zero-order valence-electron chi connectivity index (χ0n) is 11.5. The van der Waals surface area contributed by atoms with Crippen molar-refractivity contribution in [1.82, 2.24) is 20.2 Å². The molecule has 0 saturated heterocycles. The van der Waals surface area contributed by atoms with Crippen molar-refractivity contribution in [2.24, 2.45) is 5.41 Å². The van der Waals surface area contributed by atoms with E-state index in [0.717, 1.165) is 17.9 Å². The fourth-order valence-electron chi connectivity index (χ4n) is 3.01. The lowest BCUT2D eigenvalue weighted by Gasteiger charge is -2.23. The molecule has 0 radical (unpaired) electrons. The highest BCUT2D eigenvalue weighted by Gasteiger charge is 2.30. The predicted molar refractivity (Wildman–Crippen MR) is 79.3 cm³/mol. The van der Waals surface area contributed by atoms with Crippen molar-refractivity contribution >= 4 is 17.3 Å². The van der Waals surface area contributed by atoms with Crippen LogP contribution in [0, 0.1) is 5.41 Å². The van der Waals surface area contributed by atoms with Crippen LogP contribution in [0.15, 0.2) is 18.2 Å². The number of tetrazole rings is 1. The Morgan fingerprint density at radius 3 is 2.75 bits per heavy atom. The summed E-state index contributed by atoms with van der Waals surface area (Å²) in [4.78, 5) is 0. The fraction of sp³-hybridized carbons (Fsp3) is 0.500. The van der Waals surface area contributed by atoms with Gasteiger partial charge < -0.3 is 5.73 Å². The van der Waals surface area contributed by atoms with Gasteiger partial charge in [0.1, 0.15) is 0 Å². The van der Waals surface area contributed by atoms with Gasteiger partial charge in [-0.15, -0.1) is 5.10 Å². The molecule has 2 N–H and O–H groups in total. The number of halogens is 1. The van der Waals surface area contributed by atoms with Crippen LogP contribution >= 0.6 is 11.6 Å². The Morgan fingerprint density at radius 2 is 2.05 bits per heavy atom. The number of nitrogen functional groups attached to an aromatic ring is 1. The number of anilines is 1. The Kier molecular flexibility index (Phi) is 3.38. The molecule has 1 aliphatic carbocycles. The molecule has 1 aromatic carbocycles. The maximum Gasteiger partial charge on any atom is 0.182 e. The predicted octanol–water partition coefficient (Wildman–Crippen LogP) is 3.16. The first-order chi connectivity index (χ1) is 9.56. The Hall–Kier alpha value is -1.62. The molecule has 0 spiro atoms. The van der Waals surface area contributed by atoms with E-state index in [1.54, 1.807) is 6.07 Å². The van der Waals surface area contributed by atoms with Crippen molar-refractivity contribution < 1.29 is 0 Å². The van der Waals surface area contributed by atoms with E-state index in [1.165, 1.54) is 25.7 Å². The second-order valence-corrected chi connectivity index (χ2v) is 6.39. The highest BCUT2D eigenvalue weighted by atomic mass is 35.5. The third-order valence-corrected chi connectivity index (χ3v) is 4.27. The number of rotatable bonds is 3. The summed E-state index contributed by atoms with van der Waals surface area (Å²) < 4.78 is 1.87. The van der Waals surface area contributed by atoms with Crippen LogP contribution in [0.1, 0.15) is 32.6 Å². The van der Waals surface area contributed by atoms with Crippen molar-refractivity contribution in [3.05, 3.63) is 23.2 Å². The Labute approximate surface area is 123 Å². The van der Waals surface area contributed by atoms with Gasteiger partial charge in [-0.25, -0.2) is 4.68 Å². The Balaban J connectivity index is 1.93. The molecule has 6 heteroatoms. The Bertz CT molecular complexity index is 596. The normalized spacial score (nSPS) is 17.5. The molecule has 0 atom stereocenters. The maximum atomic E-state index is 6.06. The summed E-state index contributed by atoms with van der Waals surface area (Å²) in [6.07, 6.45) is 5.03. The van der Waals surface area contributed by atoms with Crippen LogP contribution in [-0.4, -0.2) is 20.2 Å². The van der Waals surface area contributed by atoms with Gasteiger partial charge in [-0.3, -0.25) is 0 Å². The van der Waals surface area contributed by atoms with E-state index in [0.29, 0.717) is 10.7 Å². The largest absolute Gasteiger partial charge is 0.399 e. The monoisotopic (exact) mass is 291 g/mol. The van der Waals surface area contributed by atoms with Crippen LogP contribution in [-0.2, 0) is 6.54 Å². The van der Waals surface area contributed by atoms with Crippen LogP contribution < -0.4 is 5.73 Å². The molecule has 20 heavy (non-hydrogen) atoms. The van der Waals surface area contributed by atoms with Gasteiger partial charge >= 0.3 is 0 Å². The summed E-state index contributed by atoms with van der Waals surface area (Å²) >= 11 is 6.06. The van der Waals surface area contributed by atoms with Gasteiger partial charge in [-0.05, 0) is 46.9 Å². The molecule has 0 amide bonds. The van der Waals surface area contributed by atoms with Crippen molar-refractivity contribution in [3.8, 4) is 11.4 Å². The molecule has 0 aliphatic heterocycles. The first kappa shape index (κ1) is 13.4. The van der Waals surface area contributed by atoms with Gasteiger partial charge in [-0.1, -0.05) is 31.4 Å². The summed E-state index contributed by atoms with van der Waals surface area (Å²) in [6.45, 7) is 3.14. The highest BCUT2D eigenvalue weighted by Crippen LogP contribution is 2.39. The smallest absolute Gasteiger partial charge is 0.182 e. The van der Waals surface area contributed by atoms with Crippen LogP contribution in [0.2, 0.25) is 5.02 Å². The molecule has 2 aromatic rings. The molecular weight excluding hydrogens is 274 g/mol. The summed E-state index contributed by atoms with van der Waals surface area (Å²) in [5.74, 6) is 0.729. The van der Waals surface area contributed by atoms with E-state index in [-0.39, 0.29) is 5.41 Å². The molecule has 106 valence electrons. The minimum atomic E-state index is 0.286. The van der Waals surface area contributed by atoms with Crippen LogP contribution in [0.5, 0.6) is 0 Å². The number of nitrogens with two attached hydrogens (primary N) is 1. The van der Waals surface area contributed by atoms with Gasteiger partial charge in [0.2, 0.25) is 0 Å². The van der Waals surface area contributed by atoms with Crippen molar-refractivity contribution in [3.63, 3.8) is 0 Å². The third kappa shape index (κ3) is 2.63. The lowest BCUT2D eigenvalue weighted by atomic mass is 9.89. The maximum absolute atomic E-state index is 6.06. The van der Waals surface area contributed by atoms with Crippen molar-refractivity contribution in [2.45, 2.75) is 39.2 Å². The first-order valence-corrected chi connectivity index (χ1v) is 7.26. The lowest BCUT2D eigenvalue weighted by molar-refractivity contribution is 0.267. The number of hydrogen-bond acceptors (Lipinski definition) is 4. The quantitative estimate of drug-likeness (QED) is 0.882. The minimum absolute atomic E-state index is 0.286. The minimum Gasteiger partial charge on any atom is -0.399 e. The van der Waals surface area contributed by atoms with Crippen LogP contribution in [0.4, 0.5) is 5.69 Å². The van der Waals surface area contributed by atoms with E-state index in [9.17, 15) is 0 Å². The lowest BCUT2D eigenvalue weighted by Crippen LogP contribution is -2.21. The summed E-state index contributed by atoms with van der Waals surface area (Å²) in [5.41, 5.74) is 7.61. The molecule has 1 aliphatic rings. The summed E-state index contributed by atoms with van der Waals surface area (Å²) in [6, 6.07) is 5.42. The molecule has 1 saturated carbocycles. The molecule has 0 bridgehead atoms. The zero-order valence-corrected chi connectivity index (χ0v) is 12.3. The Morgan fingerprint density at radius 1 is 1.30 bits per heavy atom. The SMILES string of the molecule is CC1(Cn2nnnc2-c2cc(N)cc(Cl)c2)CCCC1. The number of aromatic nitrogens is 4. The van der Waals surface area contributed by atoms with Gasteiger partial charge in [0.05, 0.1) is 6.54 Å². The highest BCUT2D eigenvalue weighted by molar-refractivity contribution is 6.31. The number of benzene rings is 1. The van der Waals surface area contributed by atoms with Gasteiger partial charge in [0.25, 0.3) is 0 Å². The molecule has 1 aromatic heterocycles. The molecular formula is C14H18ClN5. The van der Waals surface area contributed by atoms with Crippen molar-refractivity contribution in [1.29, 1.82) is 0 Å². The average Bonchev–Trinajstić information content (AvgIpc) is 2.98. The van der Waals surface area contributed by atoms with Crippen LogP contribution in [0.3, 0.4) is 0 Å². The average molecular weight is 292 g/mol. The molecule has 3 rings (SSSR count). The van der Waals surface area contributed by atoms with E-state index < -0.39 is 0 Å². The second kappa shape index (κ2) is 5.05. The van der Waals surface area contributed by atoms with E-state index in [1.807, 2.05) is 16.8 Å². The van der Waals surface area contributed by atoms with Crippen LogP contribution in [0.25, 0.3) is 11.4 Å². The standard InChI is InChI=1S/C14H18ClN5/c1-14(4-2-3-5-14)9-20-13(17-18-19-20)10-6-11(15)8-12(16)7-10/h6-8H,2-5,9,16H2,1H3.